The molecule has 2 aliphatic rings. The monoisotopic (exact) mass is 501 g/mol. The molecule has 8 nitrogen and oxygen atoms in total. The highest BCUT2D eigenvalue weighted by Gasteiger charge is 2.41. The Morgan fingerprint density at radius 2 is 1.58 bits per heavy atom. The fourth-order valence-electron chi connectivity index (χ4n) is 4.85. The Bertz CT molecular complexity index is 1210. The molecule has 190 valence electrons. The van der Waals surface area contributed by atoms with Crippen molar-refractivity contribution >= 4 is 5.82 Å². The average Bonchev–Trinajstić information content (AvgIpc) is 3.36. The number of ether oxygens (including phenoxy) is 1. The van der Waals surface area contributed by atoms with Crippen molar-refractivity contribution in [1.82, 2.24) is 19.4 Å². The quantitative estimate of drug-likeness (QED) is 0.367. The minimum Gasteiger partial charge on any atom is -0.436 e. The Morgan fingerprint density at radius 1 is 1.00 bits per heavy atom. The molecule has 0 N–H and O–H groups in total. The minimum absolute atomic E-state index is 0.201. The molecule has 0 spiro atoms. The number of nitrogens with zero attached hydrogens (tertiary/aromatic N) is 5. The van der Waals surface area contributed by atoms with Crippen molar-refractivity contribution in [3.8, 4) is 17.1 Å². The Labute approximate surface area is 206 Å². The lowest BCUT2D eigenvalue weighted by Crippen LogP contribution is -2.52. The van der Waals surface area contributed by atoms with Crippen molar-refractivity contribution in [2.24, 2.45) is 0 Å². The summed E-state index contributed by atoms with van der Waals surface area (Å²) < 4.78 is 46.0. The van der Waals surface area contributed by atoms with Gasteiger partial charge in [-0.2, -0.15) is 13.2 Å². The van der Waals surface area contributed by atoms with Crippen molar-refractivity contribution in [3.05, 3.63) is 76.0 Å². The number of hydrogen-bond acceptors (Lipinski definition) is 6. The Hall–Kier alpha value is -3.44. The summed E-state index contributed by atoms with van der Waals surface area (Å²) in [7, 11) is 0. The van der Waals surface area contributed by atoms with Crippen molar-refractivity contribution in [3.63, 3.8) is 0 Å². The predicted molar refractivity (Wildman–Crippen MR) is 127 cm³/mol. The SMILES string of the molecule is C[C@@]1(CN2CCN(Cc3ccc(-c4ccc(C(F)(F)F)cc4)cc3)CC2)Cn2cc([N+](=O)[O-])nc2O1. The van der Waals surface area contributed by atoms with E-state index in [1.165, 1.54) is 18.3 Å². The fraction of sp³-hybridized carbons (Fsp3) is 0.400. The average molecular weight is 502 g/mol. The second kappa shape index (κ2) is 9.21. The van der Waals surface area contributed by atoms with Crippen molar-refractivity contribution in [1.29, 1.82) is 0 Å². The molecule has 3 heterocycles. The highest BCUT2D eigenvalue weighted by molar-refractivity contribution is 5.64. The molecule has 11 heteroatoms. The standard InChI is InChI=1S/C25H26F3N5O3/c1-24(17-32-15-22(33(34)35)29-23(32)36-24)16-31-12-10-30(11-13-31)14-18-2-4-19(5-3-18)20-6-8-21(9-7-20)25(26,27)28/h2-9,15H,10-14,16-17H2,1H3/t24-/m1/s1. The zero-order valence-corrected chi connectivity index (χ0v) is 19.7. The van der Waals surface area contributed by atoms with E-state index in [2.05, 4.69) is 14.8 Å². The van der Waals surface area contributed by atoms with Gasteiger partial charge in [0.2, 0.25) is 0 Å². The van der Waals surface area contributed by atoms with Gasteiger partial charge in [-0.1, -0.05) is 36.4 Å². The van der Waals surface area contributed by atoms with Crippen LogP contribution in [0.5, 0.6) is 6.01 Å². The molecule has 2 aromatic carbocycles. The highest BCUT2D eigenvalue weighted by Crippen LogP contribution is 2.32. The summed E-state index contributed by atoms with van der Waals surface area (Å²) in [6.45, 7) is 7.58. The van der Waals surface area contributed by atoms with Gasteiger partial charge in [0.05, 0.1) is 12.1 Å². The molecule has 1 fully saturated rings. The maximum Gasteiger partial charge on any atom is 0.416 e. The molecule has 1 saturated heterocycles. The van der Waals surface area contributed by atoms with Gasteiger partial charge < -0.3 is 14.9 Å². The minimum atomic E-state index is -4.33. The zero-order chi connectivity index (χ0) is 25.5. The number of aromatic nitrogens is 2. The number of piperazine rings is 1. The number of rotatable bonds is 6. The van der Waals surface area contributed by atoms with Gasteiger partial charge >= 0.3 is 18.0 Å². The van der Waals surface area contributed by atoms with Gasteiger partial charge in [-0.15, -0.1) is 0 Å². The van der Waals surface area contributed by atoms with E-state index < -0.39 is 22.3 Å². The van der Waals surface area contributed by atoms with Crippen molar-refractivity contribution < 1.29 is 22.8 Å². The molecule has 0 unspecified atom stereocenters. The van der Waals surface area contributed by atoms with Crippen LogP contribution in [0.15, 0.2) is 54.7 Å². The van der Waals surface area contributed by atoms with Gasteiger partial charge in [0.1, 0.15) is 11.8 Å². The van der Waals surface area contributed by atoms with Crippen molar-refractivity contribution in [2.45, 2.75) is 31.8 Å². The second-order valence-corrected chi connectivity index (χ2v) is 9.64. The summed E-state index contributed by atoms with van der Waals surface area (Å²) in [5, 5.41) is 10.9. The number of halogens is 3. The van der Waals surface area contributed by atoms with Crippen LogP contribution >= 0.6 is 0 Å². The number of hydrogen-bond donors (Lipinski definition) is 0. The third-order valence-electron chi connectivity index (χ3n) is 6.69. The van der Waals surface area contributed by atoms with Crippen LogP contribution in [0.25, 0.3) is 11.1 Å². The van der Waals surface area contributed by atoms with E-state index in [0.29, 0.717) is 19.1 Å². The molecule has 1 aromatic heterocycles. The molecule has 1 atom stereocenters. The topological polar surface area (TPSA) is 76.7 Å². The summed E-state index contributed by atoms with van der Waals surface area (Å²) in [5.41, 5.74) is 1.66. The first kappa shape index (κ1) is 24.3. The molecule has 0 aliphatic carbocycles. The summed E-state index contributed by atoms with van der Waals surface area (Å²) >= 11 is 0. The molecule has 5 rings (SSSR count). The van der Waals surface area contributed by atoms with Crippen LogP contribution in [0.3, 0.4) is 0 Å². The third kappa shape index (κ3) is 5.21. The number of fused-ring (bicyclic) bond motifs is 1. The highest BCUT2D eigenvalue weighted by atomic mass is 19.4. The van der Waals surface area contributed by atoms with Gasteiger partial charge in [0, 0.05) is 44.3 Å². The molecule has 0 saturated carbocycles. The predicted octanol–water partition coefficient (Wildman–Crippen LogP) is 4.45. The second-order valence-electron chi connectivity index (χ2n) is 9.64. The molecular weight excluding hydrogens is 475 g/mol. The Balaban J connectivity index is 1.11. The Kier molecular flexibility index (Phi) is 6.21. The number of nitro groups is 1. The molecule has 36 heavy (non-hydrogen) atoms. The van der Waals surface area contributed by atoms with E-state index in [1.54, 1.807) is 4.57 Å². The summed E-state index contributed by atoms with van der Waals surface area (Å²) in [6, 6.07) is 13.4. The van der Waals surface area contributed by atoms with E-state index in [-0.39, 0.29) is 5.82 Å². The third-order valence-corrected chi connectivity index (χ3v) is 6.69. The van der Waals surface area contributed by atoms with Gasteiger partial charge in [-0.3, -0.25) is 14.4 Å². The fourth-order valence-corrected chi connectivity index (χ4v) is 4.85. The van der Waals surface area contributed by atoms with E-state index in [1.807, 2.05) is 31.2 Å². The first-order valence-electron chi connectivity index (χ1n) is 11.7. The van der Waals surface area contributed by atoms with Crippen LogP contribution in [0, 0.1) is 10.1 Å². The van der Waals surface area contributed by atoms with Gasteiger partial charge in [-0.05, 0) is 40.7 Å². The largest absolute Gasteiger partial charge is 0.436 e. The van der Waals surface area contributed by atoms with Gasteiger partial charge in [0.15, 0.2) is 0 Å². The van der Waals surface area contributed by atoms with E-state index >= 15 is 0 Å². The normalized spacial score (nSPS) is 20.8. The number of alkyl halides is 3. The maximum atomic E-state index is 12.8. The summed E-state index contributed by atoms with van der Waals surface area (Å²) in [5.74, 6) is -0.201. The number of imidazole rings is 1. The van der Waals surface area contributed by atoms with Crippen LogP contribution in [0.1, 0.15) is 18.1 Å². The Morgan fingerprint density at radius 3 is 2.14 bits per heavy atom. The summed E-state index contributed by atoms with van der Waals surface area (Å²) in [6.07, 6.45) is -2.91. The van der Waals surface area contributed by atoms with Gasteiger partial charge in [-0.25, -0.2) is 0 Å². The number of benzene rings is 2. The van der Waals surface area contributed by atoms with Crippen LogP contribution in [0.4, 0.5) is 19.0 Å². The lowest BCUT2D eigenvalue weighted by molar-refractivity contribution is -0.389. The molecule has 0 amide bonds. The van der Waals surface area contributed by atoms with Crippen molar-refractivity contribution in [2.75, 3.05) is 32.7 Å². The molecule has 0 radical (unpaired) electrons. The lowest BCUT2D eigenvalue weighted by atomic mass is 10.0. The van der Waals surface area contributed by atoms with Gasteiger partial charge in [0.25, 0.3) is 0 Å². The summed E-state index contributed by atoms with van der Waals surface area (Å²) in [4.78, 5) is 19.0. The zero-order valence-electron chi connectivity index (χ0n) is 19.7. The van der Waals surface area contributed by atoms with Crippen LogP contribution in [-0.2, 0) is 19.3 Å². The maximum absolute atomic E-state index is 12.8. The molecule has 3 aromatic rings. The molecule has 0 bridgehead atoms. The first-order valence-corrected chi connectivity index (χ1v) is 11.7. The first-order chi connectivity index (χ1) is 17.1. The van der Waals surface area contributed by atoms with E-state index in [4.69, 9.17) is 4.74 Å². The van der Waals surface area contributed by atoms with E-state index in [0.717, 1.165) is 61.5 Å². The lowest BCUT2D eigenvalue weighted by Gasteiger charge is -2.38. The molecule has 2 aliphatic heterocycles. The van der Waals surface area contributed by atoms with E-state index in [9.17, 15) is 23.3 Å². The van der Waals surface area contributed by atoms with Crippen LogP contribution in [-0.4, -0.2) is 62.6 Å². The van der Waals surface area contributed by atoms with Crippen LogP contribution in [0.2, 0.25) is 0 Å². The molecular formula is C25H26F3N5O3. The smallest absolute Gasteiger partial charge is 0.416 e. The van der Waals surface area contributed by atoms with Crippen LogP contribution < -0.4 is 4.74 Å².